The maximum Gasteiger partial charge on any atom is 0.224 e. The van der Waals surface area contributed by atoms with Crippen molar-refractivity contribution in [2.75, 3.05) is 36.1 Å². The molecule has 0 amide bonds. The number of benzene rings is 1. The molecule has 0 radical (unpaired) electrons. The first kappa shape index (κ1) is 26.3. The van der Waals surface area contributed by atoms with Crippen molar-refractivity contribution >= 4 is 45.1 Å². The van der Waals surface area contributed by atoms with E-state index in [1.165, 1.54) is 5.56 Å². The Morgan fingerprint density at radius 2 is 1.83 bits per heavy atom. The van der Waals surface area contributed by atoms with E-state index in [0.29, 0.717) is 5.95 Å². The number of nitrogens with one attached hydrogen (secondary N) is 2. The molecule has 0 fully saturated rings. The predicted octanol–water partition coefficient (Wildman–Crippen LogP) is 5.93. The molecule has 0 aliphatic rings. The molecule has 0 aliphatic carbocycles. The van der Waals surface area contributed by atoms with Crippen LogP contribution in [0, 0.1) is 19.8 Å². The molecule has 0 bridgehead atoms. The number of rotatable bonds is 13. The lowest BCUT2D eigenvalue weighted by atomic mass is 10.0. The fraction of sp³-hybridized carbons (Fsp3) is 0.407. The van der Waals surface area contributed by atoms with Crippen LogP contribution >= 0.6 is 23.1 Å². The number of aromatic nitrogens is 4. The van der Waals surface area contributed by atoms with Crippen molar-refractivity contribution in [1.29, 1.82) is 0 Å². The summed E-state index contributed by atoms with van der Waals surface area (Å²) in [6.07, 6.45) is 3.65. The second kappa shape index (κ2) is 13.0. The molecule has 7 nitrogen and oxygen atoms in total. The van der Waals surface area contributed by atoms with Crippen molar-refractivity contribution in [3.05, 3.63) is 59.5 Å². The summed E-state index contributed by atoms with van der Waals surface area (Å²) in [5.41, 5.74) is 4.98. The van der Waals surface area contributed by atoms with Crippen LogP contribution in [-0.2, 0) is 5.75 Å². The van der Waals surface area contributed by atoms with Crippen molar-refractivity contribution in [3.63, 3.8) is 0 Å². The van der Waals surface area contributed by atoms with Crippen LogP contribution in [0.25, 0.3) is 20.8 Å². The third-order valence-corrected chi connectivity index (χ3v) is 8.18. The molecule has 0 aliphatic heterocycles. The van der Waals surface area contributed by atoms with Gasteiger partial charge in [0.25, 0.3) is 0 Å². The molecule has 3 aromatic heterocycles. The van der Waals surface area contributed by atoms with Crippen LogP contribution in [0.1, 0.15) is 36.7 Å². The Hall–Kier alpha value is -2.75. The second-order valence-electron chi connectivity index (χ2n) is 8.76. The summed E-state index contributed by atoms with van der Waals surface area (Å²) in [5.74, 6) is 3.62. The summed E-state index contributed by atoms with van der Waals surface area (Å²) in [7, 11) is 0. The number of hydrogen-bond donors (Lipinski definition) is 3. The van der Waals surface area contributed by atoms with E-state index in [2.05, 4.69) is 46.8 Å². The third-order valence-electron chi connectivity index (χ3n) is 6.12. The maximum atomic E-state index is 9.58. The first-order valence-electron chi connectivity index (χ1n) is 12.4. The van der Waals surface area contributed by atoms with Gasteiger partial charge in [-0.15, -0.1) is 11.3 Å². The number of fused-ring (bicyclic) bond motifs is 1. The number of nitrogens with zero attached hydrogens (tertiary/aromatic N) is 4. The van der Waals surface area contributed by atoms with Gasteiger partial charge in [-0.2, -0.15) is 16.7 Å². The van der Waals surface area contributed by atoms with Gasteiger partial charge in [0.2, 0.25) is 5.95 Å². The van der Waals surface area contributed by atoms with E-state index in [1.54, 1.807) is 11.3 Å². The second-order valence-corrected chi connectivity index (χ2v) is 10.9. The van der Waals surface area contributed by atoms with Crippen molar-refractivity contribution in [2.24, 2.45) is 5.92 Å². The van der Waals surface area contributed by atoms with E-state index >= 15 is 0 Å². The largest absolute Gasteiger partial charge is 0.396 e. The van der Waals surface area contributed by atoms with Crippen LogP contribution in [0.15, 0.2) is 42.6 Å². The van der Waals surface area contributed by atoms with E-state index in [4.69, 9.17) is 15.0 Å². The number of aryl methyl sites for hydroxylation is 2. The van der Waals surface area contributed by atoms with E-state index in [1.807, 2.05) is 43.9 Å². The zero-order valence-corrected chi connectivity index (χ0v) is 22.8. The molecule has 4 aromatic rings. The molecule has 1 aromatic carbocycles. The summed E-state index contributed by atoms with van der Waals surface area (Å²) < 4.78 is 1.10. The average molecular weight is 523 g/mol. The van der Waals surface area contributed by atoms with Crippen molar-refractivity contribution in [3.8, 4) is 10.6 Å². The molecule has 190 valence electrons. The highest BCUT2D eigenvalue weighted by molar-refractivity contribution is 7.98. The van der Waals surface area contributed by atoms with Crippen molar-refractivity contribution in [2.45, 2.75) is 39.4 Å². The molecule has 0 saturated carbocycles. The zero-order chi connectivity index (χ0) is 25.3. The Labute approximate surface area is 221 Å². The predicted molar refractivity (Wildman–Crippen MR) is 153 cm³/mol. The van der Waals surface area contributed by atoms with Crippen LogP contribution in [0.3, 0.4) is 0 Å². The molecule has 1 unspecified atom stereocenters. The van der Waals surface area contributed by atoms with Gasteiger partial charge in [-0.3, -0.25) is 4.98 Å². The van der Waals surface area contributed by atoms with Gasteiger partial charge in [-0.05, 0) is 37.8 Å². The van der Waals surface area contributed by atoms with E-state index < -0.39 is 0 Å². The highest BCUT2D eigenvalue weighted by Gasteiger charge is 2.19. The highest BCUT2D eigenvalue weighted by Crippen LogP contribution is 2.36. The molecule has 9 heteroatoms. The van der Waals surface area contributed by atoms with Crippen LogP contribution in [0.4, 0.5) is 11.8 Å². The number of aliphatic hydroxyl groups excluding tert-OH is 1. The summed E-state index contributed by atoms with van der Waals surface area (Å²) in [6.45, 7) is 7.81. The van der Waals surface area contributed by atoms with Gasteiger partial charge >= 0.3 is 0 Å². The molecular weight excluding hydrogens is 488 g/mol. The fourth-order valence-electron chi connectivity index (χ4n) is 3.94. The minimum Gasteiger partial charge on any atom is -0.396 e. The Bertz CT molecular complexity index is 1260. The number of thiazole rings is 1. The standard InChI is InChI=1S/C27H34N6OS2/c1-4-20(16-34)10-12-29-25-23(26-32-24-19(3)28-13-11-22(24)36-26)18(2)31-27(33-25)30-14-15-35-17-21-8-6-5-7-9-21/h5-9,11,13,20,34H,4,10,12,14-17H2,1-3H3,(H2,29,30,31,33). The lowest BCUT2D eigenvalue weighted by Crippen LogP contribution is -2.15. The molecule has 0 saturated heterocycles. The summed E-state index contributed by atoms with van der Waals surface area (Å²) in [4.78, 5) is 18.9. The number of aliphatic hydroxyl groups is 1. The molecular formula is C27H34N6OS2. The summed E-state index contributed by atoms with van der Waals surface area (Å²) in [5, 5.41) is 17.4. The molecule has 4 rings (SSSR count). The SMILES string of the molecule is CCC(CO)CCNc1nc(NCCSCc2ccccc2)nc(C)c1-c1nc2c(C)nccc2s1. The van der Waals surface area contributed by atoms with Gasteiger partial charge in [-0.1, -0.05) is 43.7 Å². The molecule has 1 atom stereocenters. The first-order valence-corrected chi connectivity index (χ1v) is 14.4. The van der Waals surface area contributed by atoms with Crippen LogP contribution in [0.2, 0.25) is 0 Å². The highest BCUT2D eigenvalue weighted by atomic mass is 32.2. The fourth-order valence-corrected chi connectivity index (χ4v) is 5.87. The van der Waals surface area contributed by atoms with Gasteiger partial charge in [0.15, 0.2) is 0 Å². The lowest BCUT2D eigenvalue weighted by Gasteiger charge is -2.16. The topological polar surface area (TPSA) is 95.8 Å². The van der Waals surface area contributed by atoms with Gasteiger partial charge in [-0.25, -0.2) is 9.97 Å². The smallest absolute Gasteiger partial charge is 0.224 e. The van der Waals surface area contributed by atoms with Crippen molar-refractivity contribution < 1.29 is 5.11 Å². The number of thioether (sulfide) groups is 1. The number of hydrogen-bond acceptors (Lipinski definition) is 9. The first-order chi connectivity index (χ1) is 17.6. The van der Waals surface area contributed by atoms with Crippen LogP contribution in [0.5, 0.6) is 0 Å². The Morgan fingerprint density at radius 3 is 2.58 bits per heavy atom. The molecule has 3 heterocycles. The number of anilines is 2. The molecule has 36 heavy (non-hydrogen) atoms. The van der Waals surface area contributed by atoms with Crippen molar-refractivity contribution in [1.82, 2.24) is 19.9 Å². The Morgan fingerprint density at radius 1 is 1.00 bits per heavy atom. The van der Waals surface area contributed by atoms with E-state index in [0.717, 1.165) is 75.4 Å². The zero-order valence-electron chi connectivity index (χ0n) is 21.1. The van der Waals surface area contributed by atoms with Crippen LogP contribution in [-0.4, -0.2) is 50.5 Å². The normalized spacial score (nSPS) is 12.1. The molecule has 3 N–H and O–H groups in total. The molecule has 0 spiro atoms. The van der Waals surface area contributed by atoms with Crippen LogP contribution < -0.4 is 10.6 Å². The van der Waals surface area contributed by atoms with E-state index in [9.17, 15) is 5.11 Å². The Balaban J connectivity index is 1.50. The lowest BCUT2D eigenvalue weighted by molar-refractivity contribution is 0.217. The summed E-state index contributed by atoms with van der Waals surface area (Å²) >= 11 is 3.52. The van der Waals surface area contributed by atoms with Gasteiger partial charge in [0.1, 0.15) is 16.3 Å². The van der Waals surface area contributed by atoms with Gasteiger partial charge < -0.3 is 15.7 Å². The minimum absolute atomic E-state index is 0.200. The van der Waals surface area contributed by atoms with Gasteiger partial charge in [0, 0.05) is 37.4 Å². The minimum atomic E-state index is 0.200. The summed E-state index contributed by atoms with van der Waals surface area (Å²) in [6, 6.07) is 12.5. The van der Waals surface area contributed by atoms with Gasteiger partial charge in [0.05, 0.1) is 21.7 Å². The monoisotopic (exact) mass is 522 g/mol. The Kier molecular flexibility index (Phi) is 9.49. The average Bonchev–Trinajstić information content (AvgIpc) is 3.32. The quantitative estimate of drug-likeness (QED) is 0.186. The number of pyridine rings is 1. The maximum absolute atomic E-state index is 9.58. The van der Waals surface area contributed by atoms with E-state index in [-0.39, 0.29) is 12.5 Å². The third kappa shape index (κ3) is 6.72.